The number of ether oxygens (including phenoxy) is 1. The number of para-hydroxylation sites is 1. The quantitative estimate of drug-likeness (QED) is 0.372. The molecule has 0 bridgehead atoms. The highest BCUT2D eigenvalue weighted by Crippen LogP contribution is 2.33. The van der Waals surface area contributed by atoms with Crippen molar-refractivity contribution in [1.29, 1.82) is 0 Å². The minimum absolute atomic E-state index is 0.151. The lowest BCUT2D eigenvalue weighted by Crippen LogP contribution is -2.29. The molecule has 0 spiro atoms. The Bertz CT molecular complexity index is 1460. The average Bonchev–Trinajstić information content (AvgIpc) is 3.52. The Balaban J connectivity index is 1.28. The first-order chi connectivity index (χ1) is 17.0. The molecule has 4 aromatic rings. The summed E-state index contributed by atoms with van der Waals surface area (Å²) in [7, 11) is -3.71. The number of nitrogens with one attached hydrogen (secondary N) is 1. The van der Waals surface area contributed by atoms with E-state index in [0.29, 0.717) is 36.0 Å². The molecule has 178 valence electrons. The maximum atomic E-state index is 13.2. The number of aromatic nitrogens is 1. The van der Waals surface area contributed by atoms with Gasteiger partial charge in [0.1, 0.15) is 5.75 Å². The minimum Gasteiger partial charge on any atom is -0.494 e. The summed E-state index contributed by atoms with van der Waals surface area (Å²) in [5.74, 6) is 0.437. The molecule has 0 atom stereocenters. The van der Waals surface area contributed by atoms with Crippen molar-refractivity contribution in [2.45, 2.75) is 18.2 Å². The van der Waals surface area contributed by atoms with Gasteiger partial charge < -0.3 is 4.74 Å². The summed E-state index contributed by atoms with van der Waals surface area (Å²) in [6.07, 6.45) is 0.683. The van der Waals surface area contributed by atoms with Gasteiger partial charge in [0.15, 0.2) is 5.13 Å². The number of fused-ring (bicyclic) bond motifs is 1. The van der Waals surface area contributed by atoms with E-state index in [0.717, 1.165) is 22.6 Å². The van der Waals surface area contributed by atoms with Crippen molar-refractivity contribution in [3.63, 3.8) is 0 Å². The van der Waals surface area contributed by atoms with E-state index in [-0.39, 0.29) is 10.8 Å². The normalized spacial score (nSPS) is 12.9. The summed E-state index contributed by atoms with van der Waals surface area (Å²) in [5, 5.41) is 5.12. The van der Waals surface area contributed by atoms with Crippen LogP contribution >= 0.6 is 11.3 Å². The van der Waals surface area contributed by atoms with Gasteiger partial charge in [-0.25, -0.2) is 13.4 Å². The molecule has 1 aromatic heterocycles. The van der Waals surface area contributed by atoms with Gasteiger partial charge in [-0.05, 0) is 73.5 Å². The lowest BCUT2D eigenvalue weighted by Gasteiger charge is -2.19. The van der Waals surface area contributed by atoms with Crippen LogP contribution in [0.4, 0.5) is 10.8 Å². The van der Waals surface area contributed by atoms with Crippen LogP contribution in [0.2, 0.25) is 0 Å². The molecule has 1 aliphatic heterocycles. The first-order valence-electron chi connectivity index (χ1n) is 11.2. The Morgan fingerprint density at radius 2 is 1.80 bits per heavy atom. The number of thiazole rings is 1. The van der Waals surface area contributed by atoms with Crippen molar-refractivity contribution >= 4 is 38.1 Å². The molecule has 0 fully saturated rings. The van der Waals surface area contributed by atoms with Crippen molar-refractivity contribution in [3.05, 3.63) is 89.3 Å². The van der Waals surface area contributed by atoms with Crippen LogP contribution in [0.1, 0.15) is 22.8 Å². The summed E-state index contributed by atoms with van der Waals surface area (Å²) in [4.78, 5) is 17.4. The number of anilines is 2. The van der Waals surface area contributed by atoms with E-state index in [1.165, 1.54) is 39.9 Å². The maximum Gasteiger partial charge on any atom is 0.264 e. The number of rotatable bonds is 7. The number of nitrogens with zero attached hydrogens (tertiary/aromatic N) is 2. The Kier molecular flexibility index (Phi) is 6.27. The van der Waals surface area contributed by atoms with Gasteiger partial charge in [0, 0.05) is 23.1 Å². The maximum absolute atomic E-state index is 13.2. The molecular weight excluding hydrogens is 482 g/mol. The lowest BCUT2D eigenvalue weighted by molar-refractivity contribution is 0.102. The van der Waals surface area contributed by atoms with Crippen LogP contribution in [0.25, 0.3) is 11.3 Å². The number of hydrogen-bond donors (Lipinski definition) is 1. The molecule has 0 aliphatic carbocycles. The highest BCUT2D eigenvalue weighted by atomic mass is 32.2. The van der Waals surface area contributed by atoms with Gasteiger partial charge in [-0.2, -0.15) is 0 Å². The predicted molar refractivity (Wildman–Crippen MR) is 138 cm³/mol. The number of carbonyl (C=O) groups is 1. The molecular formula is C26H23N3O4S2. The molecule has 9 heteroatoms. The van der Waals surface area contributed by atoms with Crippen LogP contribution in [0.5, 0.6) is 5.75 Å². The first-order valence-corrected chi connectivity index (χ1v) is 13.5. The molecule has 0 unspecified atom stereocenters. The van der Waals surface area contributed by atoms with Crippen molar-refractivity contribution in [1.82, 2.24) is 4.98 Å². The third kappa shape index (κ3) is 4.65. The fourth-order valence-corrected chi connectivity index (χ4v) is 6.20. The Hall–Kier alpha value is -3.69. The second kappa shape index (κ2) is 9.52. The zero-order valence-corrected chi connectivity index (χ0v) is 20.6. The molecule has 35 heavy (non-hydrogen) atoms. The summed E-state index contributed by atoms with van der Waals surface area (Å²) < 4.78 is 33.2. The molecule has 3 aromatic carbocycles. The first kappa shape index (κ1) is 23.1. The van der Waals surface area contributed by atoms with E-state index in [9.17, 15) is 13.2 Å². The van der Waals surface area contributed by atoms with E-state index in [1.54, 1.807) is 0 Å². The Morgan fingerprint density at radius 1 is 1.06 bits per heavy atom. The van der Waals surface area contributed by atoms with Crippen LogP contribution in [-0.4, -0.2) is 32.5 Å². The monoisotopic (exact) mass is 505 g/mol. The number of benzene rings is 3. The number of amides is 1. The molecule has 1 amide bonds. The second-order valence-electron chi connectivity index (χ2n) is 7.93. The van der Waals surface area contributed by atoms with E-state index >= 15 is 0 Å². The van der Waals surface area contributed by atoms with E-state index < -0.39 is 10.0 Å². The van der Waals surface area contributed by atoms with Crippen molar-refractivity contribution in [2.75, 3.05) is 22.8 Å². The number of hydrogen-bond acceptors (Lipinski definition) is 6. The second-order valence-corrected chi connectivity index (χ2v) is 10.7. The zero-order valence-electron chi connectivity index (χ0n) is 19.0. The SMILES string of the molecule is CCOc1ccc(-c2csc(NC(=O)c3ccc(S(=O)(=O)N4CCc5ccccc54)cc3)n2)cc1. The predicted octanol–water partition coefficient (Wildman–Crippen LogP) is 5.21. The molecule has 1 N–H and O–H groups in total. The smallest absolute Gasteiger partial charge is 0.264 e. The highest BCUT2D eigenvalue weighted by Gasteiger charge is 2.30. The Labute approximate surface area is 208 Å². The van der Waals surface area contributed by atoms with E-state index in [4.69, 9.17) is 4.74 Å². The fourth-order valence-electron chi connectivity index (χ4n) is 3.98. The van der Waals surface area contributed by atoms with Gasteiger partial charge in [0.2, 0.25) is 0 Å². The minimum atomic E-state index is -3.71. The van der Waals surface area contributed by atoms with Crippen molar-refractivity contribution < 1.29 is 17.9 Å². The molecule has 2 heterocycles. The summed E-state index contributed by atoms with van der Waals surface area (Å²) in [5.41, 5.74) is 3.74. The number of sulfonamides is 1. The van der Waals surface area contributed by atoms with Gasteiger partial charge in [0.05, 0.1) is 22.9 Å². The summed E-state index contributed by atoms with van der Waals surface area (Å²) in [6, 6.07) is 21.1. The van der Waals surface area contributed by atoms with E-state index in [1.807, 2.05) is 60.8 Å². The van der Waals surface area contributed by atoms with Gasteiger partial charge in [0.25, 0.3) is 15.9 Å². The van der Waals surface area contributed by atoms with E-state index in [2.05, 4.69) is 10.3 Å². The van der Waals surface area contributed by atoms with Crippen molar-refractivity contribution in [2.24, 2.45) is 0 Å². The largest absolute Gasteiger partial charge is 0.494 e. The Morgan fingerprint density at radius 3 is 2.54 bits per heavy atom. The van der Waals surface area contributed by atoms with Gasteiger partial charge >= 0.3 is 0 Å². The molecule has 0 saturated carbocycles. The topological polar surface area (TPSA) is 88.6 Å². The van der Waals surface area contributed by atoms with Crippen LogP contribution < -0.4 is 14.4 Å². The average molecular weight is 506 g/mol. The van der Waals surface area contributed by atoms with Crippen molar-refractivity contribution in [3.8, 4) is 17.0 Å². The van der Waals surface area contributed by atoms with Crippen LogP contribution in [-0.2, 0) is 16.4 Å². The molecule has 1 aliphatic rings. The summed E-state index contributed by atoms with van der Waals surface area (Å²) >= 11 is 1.32. The lowest BCUT2D eigenvalue weighted by atomic mass is 10.2. The third-order valence-electron chi connectivity index (χ3n) is 5.73. The molecule has 0 radical (unpaired) electrons. The van der Waals surface area contributed by atoms with Crippen LogP contribution in [0.15, 0.2) is 83.1 Å². The fraction of sp³-hybridized carbons (Fsp3) is 0.154. The van der Waals surface area contributed by atoms with Crippen LogP contribution in [0.3, 0.4) is 0 Å². The highest BCUT2D eigenvalue weighted by molar-refractivity contribution is 7.92. The standard InChI is InChI=1S/C26H23N3O4S2/c1-2-33-21-11-7-18(8-12-21)23-17-34-26(27-23)28-25(30)20-9-13-22(14-10-20)35(31,32)29-16-15-19-5-3-4-6-24(19)29/h3-14,17H,2,15-16H2,1H3,(H,27,28,30). The third-order valence-corrected chi connectivity index (χ3v) is 8.32. The molecule has 5 rings (SSSR count). The summed E-state index contributed by atoms with van der Waals surface area (Å²) in [6.45, 7) is 2.94. The van der Waals surface area contributed by atoms with Gasteiger partial charge in [-0.1, -0.05) is 18.2 Å². The zero-order chi connectivity index (χ0) is 24.4. The van der Waals surface area contributed by atoms with Crippen LogP contribution in [0, 0.1) is 0 Å². The number of carbonyl (C=O) groups excluding carboxylic acids is 1. The van der Waals surface area contributed by atoms with Gasteiger partial charge in [-0.3, -0.25) is 14.4 Å². The van der Waals surface area contributed by atoms with Gasteiger partial charge in [-0.15, -0.1) is 11.3 Å². The molecule has 7 nitrogen and oxygen atoms in total. The molecule has 0 saturated heterocycles.